The molecule has 1 aromatic heterocycles. The Morgan fingerprint density at radius 3 is 1.75 bits per heavy atom. The lowest BCUT2D eigenvalue weighted by Gasteiger charge is -2.27. The van der Waals surface area contributed by atoms with Crippen LogP contribution < -0.4 is 4.90 Å². The number of fused-ring (bicyclic) bond motifs is 10. The SMILES string of the molecule is c1cc(-c2cc3ccccc3c3ccccc23)cc(N(c2ccc3cc4oc5ccccc5c4cc3c2)c2ccc3c(ccc4ccccc43)c2)c1. The average molecular weight is 662 g/mol. The molecule has 242 valence electrons. The van der Waals surface area contributed by atoms with E-state index in [0.717, 1.165) is 44.4 Å². The van der Waals surface area contributed by atoms with Crippen molar-refractivity contribution in [2.24, 2.45) is 0 Å². The molecule has 0 aliphatic carbocycles. The summed E-state index contributed by atoms with van der Waals surface area (Å²) in [5.41, 5.74) is 7.55. The number of furan rings is 1. The summed E-state index contributed by atoms with van der Waals surface area (Å²) < 4.78 is 6.25. The van der Waals surface area contributed by atoms with Gasteiger partial charge in [0, 0.05) is 27.8 Å². The Kier molecular flexibility index (Phi) is 6.28. The highest BCUT2D eigenvalue weighted by Crippen LogP contribution is 2.42. The normalized spacial score (nSPS) is 11.8. The second-order valence-corrected chi connectivity index (χ2v) is 13.7. The molecule has 11 rings (SSSR count). The first-order valence-electron chi connectivity index (χ1n) is 17.8. The maximum atomic E-state index is 6.25. The predicted molar refractivity (Wildman–Crippen MR) is 221 cm³/mol. The van der Waals surface area contributed by atoms with Crippen molar-refractivity contribution < 1.29 is 4.42 Å². The number of hydrogen-bond donors (Lipinski definition) is 0. The van der Waals surface area contributed by atoms with Gasteiger partial charge in [0.1, 0.15) is 11.2 Å². The number of rotatable bonds is 4. The van der Waals surface area contributed by atoms with E-state index in [2.05, 4.69) is 181 Å². The van der Waals surface area contributed by atoms with Crippen LogP contribution in [0.15, 0.2) is 192 Å². The molecule has 0 unspecified atom stereocenters. The third kappa shape index (κ3) is 4.51. The fraction of sp³-hybridized carbons (Fsp3) is 0. The molecule has 0 saturated heterocycles. The molecule has 0 aliphatic rings. The molecule has 0 aliphatic heterocycles. The van der Waals surface area contributed by atoms with Crippen molar-refractivity contribution in [3.05, 3.63) is 188 Å². The third-order valence-corrected chi connectivity index (χ3v) is 10.7. The van der Waals surface area contributed by atoms with E-state index in [9.17, 15) is 0 Å². The monoisotopic (exact) mass is 661 g/mol. The Labute approximate surface area is 300 Å². The van der Waals surface area contributed by atoms with Crippen LogP contribution >= 0.6 is 0 Å². The molecule has 2 heteroatoms. The lowest BCUT2D eigenvalue weighted by atomic mass is 9.93. The molecule has 52 heavy (non-hydrogen) atoms. The second-order valence-electron chi connectivity index (χ2n) is 13.7. The van der Waals surface area contributed by atoms with Crippen molar-refractivity contribution in [1.82, 2.24) is 0 Å². The number of para-hydroxylation sites is 1. The summed E-state index contributed by atoms with van der Waals surface area (Å²) in [7, 11) is 0. The smallest absolute Gasteiger partial charge is 0.136 e. The maximum absolute atomic E-state index is 6.25. The van der Waals surface area contributed by atoms with Crippen LogP contribution in [0.5, 0.6) is 0 Å². The molecule has 0 spiro atoms. The van der Waals surface area contributed by atoms with E-state index in [4.69, 9.17) is 4.42 Å². The molecular weight excluding hydrogens is 631 g/mol. The van der Waals surface area contributed by atoms with Gasteiger partial charge >= 0.3 is 0 Å². The minimum atomic E-state index is 0.912. The summed E-state index contributed by atoms with van der Waals surface area (Å²) in [6.45, 7) is 0. The van der Waals surface area contributed by atoms with Crippen LogP contribution in [-0.4, -0.2) is 0 Å². The van der Waals surface area contributed by atoms with Gasteiger partial charge < -0.3 is 9.32 Å². The lowest BCUT2D eigenvalue weighted by Crippen LogP contribution is -2.10. The maximum Gasteiger partial charge on any atom is 0.136 e. The van der Waals surface area contributed by atoms with Crippen LogP contribution in [0.25, 0.3) is 86.9 Å². The van der Waals surface area contributed by atoms with Crippen molar-refractivity contribution in [2.75, 3.05) is 4.90 Å². The largest absolute Gasteiger partial charge is 0.456 e. The van der Waals surface area contributed by atoms with E-state index < -0.39 is 0 Å². The minimum Gasteiger partial charge on any atom is -0.456 e. The molecule has 0 fully saturated rings. The number of nitrogens with zero attached hydrogens (tertiary/aromatic N) is 1. The van der Waals surface area contributed by atoms with E-state index >= 15 is 0 Å². The van der Waals surface area contributed by atoms with Gasteiger partial charge in [0.15, 0.2) is 0 Å². The second kappa shape index (κ2) is 11.3. The Bertz CT molecular complexity index is 3210. The molecule has 10 aromatic carbocycles. The topological polar surface area (TPSA) is 16.4 Å². The zero-order valence-electron chi connectivity index (χ0n) is 28.3. The minimum absolute atomic E-state index is 0.912. The first kappa shape index (κ1) is 28.9. The number of benzene rings is 10. The van der Waals surface area contributed by atoms with Gasteiger partial charge in [0.2, 0.25) is 0 Å². The van der Waals surface area contributed by atoms with Crippen LogP contribution in [0.3, 0.4) is 0 Å². The van der Waals surface area contributed by atoms with E-state index in [1.807, 2.05) is 12.1 Å². The van der Waals surface area contributed by atoms with Crippen LogP contribution in [0.1, 0.15) is 0 Å². The highest BCUT2D eigenvalue weighted by molar-refractivity contribution is 6.14. The summed E-state index contributed by atoms with van der Waals surface area (Å²) in [5, 5.41) is 14.6. The van der Waals surface area contributed by atoms with Gasteiger partial charge in [0.25, 0.3) is 0 Å². The average Bonchev–Trinajstić information content (AvgIpc) is 3.57. The van der Waals surface area contributed by atoms with E-state index in [-0.39, 0.29) is 0 Å². The zero-order chi connectivity index (χ0) is 34.2. The number of hydrogen-bond acceptors (Lipinski definition) is 2. The van der Waals surface area contributed by atoms with E-state index in [0.29, 0.717) is 0 Å². The predicted octanol–water partition coefficient (Wildman–Crippen LogP) is 14.5. The molecule has 0 atom stereocenters. The quantitative estimate of drug-likeness (QED) is 0.175. The van der Waals surface area contributed by atoms with Gasteiger partial charge in [-0.05, 0) is 126 Å². The fourth-order valence-electron chi connectivity index (χ4n) is 8.29. The van der Waals surface area contributed by atoms with Crippen LogP contribution in [-0.2, 0) is 0 Å². The molecule has 0 saturated carbocycles. The first-order chi connectivity index (χ1) is 25.7. The molecule has 1 heterocycles. The van der Waals surface area contributed by atoms with Gasteiger partial charge in [-0.1, -0.05) is 127 Å². The summed E-state index contributed by atoms with van der Waals surface area (Å²) in [5.74, 6) is 0. The highest BCUT2D eigenvalue weighted by atomic mass is 16.3. The Hall–Kier alpha value is -6.90. The van der Waals surface area contributed by atoms with Crippen molar-refractivity contribution in [3.8, 4) is 11.1 Å². The summed E-state index contributed by atoms with van der Waals surface area (Å²) in [6.07, 6.45) is 0. The molecule has 0 amide bonds. The molecule has 11 aromatic rings. The van der Waals surface area contributed by atoms with Gasteiger partial charge in [-0.3, -0.25) is 0 Å². The van der Waals surface area contributed by atoms with Gasteiger partial charge in [-0.15, -0.1) is 0 Å². The van der Waals surface area contributed by atoms with E-state index in [1.165, 1.54) is 59.6 Å². The zero-order valence-corrected chi connectivity index (χ0v) is 28.3. The van der Waals surface area contributed by atoms with Crippen LogP contribution in [0.4, 0.5) is 17.1 Å². The van der Waals surface area contributed by atoms with Gasteiger partial charge in [0.05, 0.1) is 0 Å². The van der Waals surface area contributed by atoms with Gasteiger partial charge in [-0.2, -0.15) is 0 Å². The first-order valence-corrected chi connectivity index (χ1v) is 17.8. The summed E-state index contributed by atoms with van der Waals surface area (Å²) >= 11 is 0. The van der Waals surface area contributed by atoms with E-state index in [1.54, 1.807) is 0 Å². The molecule has 0 N–H and O–H groups in total. The third-order valence-electron chi connectivity index (χ3n) is 10.7. The van der Waals surface area contributed by atoms with Gasteiger partial charge in [-0.25, -0.2) is 0 Å². The van der Waals surface area contributed by atoms with Crippen LogP contribution in [0.2, 0.25) is 0 Å². The van der Waals surface area contributed by atoms with Crippen LogP contribution in [0, 0.1) is 0 Å². The molecular formula is C50H31NO. The van der Waals surface area contributed by atoms with Crippen molar-refractivity contribution in [1.29, 1.82) is 0 Å². The molecule has 0 bridgehead atoms. The fourth-order valence-corrected chi connectivity index (χ4v) is 8.29. The molecule has 0 radical (unpaired) electrons. The summed E-state index contributed by atoms with van der Waals surface area (Å²) in [6, 6.07) is 68.3. The summed E-state index contributed by atoms with van der Waals surface area (Å²) in [4.78, 5) is 2.40. The Balaban J connectivity index is 1.14. The van der Waals surface area contributed by atoms with Crippen molar-refractivity contribution in [3.63, 3.8) is 0 Å². The number of anilines is 3. The highest BCUT2D eigenvalue weighted by Gasteiger charge is 2.17. The van der Waals surface area contributed by atoms with Crippen molar-refractivity contribution >= 4 is 92.9 Å². The standard InChI is InChI=1S/C50H31NO/c1-3-14-41-32(10-1)20-21-36-27-40(24-25-43(36)41)51(39-23-22-33-31-50-48(30-37(33)28-39)46-18-7-8-19-49(46)52-50)38-13-9-12-34(26-38)47-29-35-11-2-4-15-42(35)44-16-5-6-17-45(44)47/h1-31H. The Morgan fingerprint density at radius 2 is 0.885 bits per heavy atom. The Morgan fingerprint density at radius 1 is 0.288 bits per heavy atom. The lowest BCUT2D eigenvalue weighted by molar-refractivity contribution is 0.669. The molecule has 2 nitrogen and oxygen atoms in total. The van der Waals surface area contributed by atoms with Crippen molar-refractivity contribution in [2.45, 2.75) is 0 Å².